The fourth-order valence-electron chi connectivity index (χ4n) is 3.02. The van der Waals surface area contributed by atoms with Crippen molar-refractivity contribution in [3.63, 3.8) is 0 Å². The van der Waals surface area contributed by atoms with Crippen molar-refractivity contribution in [2.45, 2.75) is 13.8 Å². The Morgan fingerprint density at radius 3 is 2.31 bits per heavy atom. The third-order valence-electron chi connectivity index (χ3n) is 4.47. The number of carbonyl (C=O) groups is 1. The summed E-state index contributed by atoms with van der Waals surface area (Å²) in [6.45, 7) is 3.80. The Kier molecular flexibility index (Phi) is 5.97. The van der Waals surface area contributed by atoms with Crippen LogP contribution in [0, 0.1) is 13.8 Å². The Labute approximate surface area is 169 Å². The summed E-state index contributed by atoms with van der Waals surface area (Å²) in [4.78, 5) is 17.1. The summed E-state index contributed by atoms with van der Waals surface area (Å²) < 4.78 is 15.9. The molecule has 1 amide bonds. The number of hydrogen-bond acceptors (Lipinski definition) is 6. The van der Waals surface area contributed by atoms with Gasteiger partial charge < -0.3 is 14.2 Å². The first-order valence-electron chi connectivity index (χ1n) is 8.98. The van der Waals surface area contributed by atoms with Gasteiger partial charge in [0.25, 0.3) is 5.91 Å². The average molecular weight is 393 g/mol. The molecule has 1 heterocycles. The molecule has 3 aromatic rings. The lowest BCUT2D eigenvalue weighted by Crippen LogP contribution is -2.19. The fourth-order valence-corrected chi connectivity index (χ4v) is 3.02. The minimum absolute atomic E-state index is 0.331. The van der Waals surface area contributed by atoms with Crippen LogP contribution in [0.1, 0.15) is 27.2 Å². The molecule has 1 N–H and O–H groups in total. The second kappa shape index (κ2) is 8.60. The molecule has 0 atom stereocenters. The topological polar surface area (TPSA) is 82.0 Å². The number of hydrogen-bond donors (Lipinski definition) is 1. The van der Waals surface area contributed by atoms with Crippen LogP contribution < -0.4 is 19.6 Å². The smallest absolute Gasteiger partial charge is 0.273 e. The lowest BCUT2D eigenvalue weighted by molar-refractivity contribution is 0.0954. The number of carbonyl (C=O) groups excluding carboxylic acids is 1. The van der Waals surface area contributed by atoms with E-state index in [9.17, 15) is 4.79 Å². The number of fused-ring (bicyclic) bond motifs is 1. The first kappa shape index (κ1) is 20.1. The zero-order valence-corrected chi connectivity index (χ0v) is 17.1. The molecule has 0 unspecified atom stereocenters. The number of nitrogens with zero attached hydrogens (tertiary/aromatic N) is 2. The number of nitrogens with one attached hydrogen (secondary N) is 1. The Balaban J connectivity index is 1.83. The summed E-state index contributed by atoms with van der Waals surface area (Å²) in [5.74, 6) is 1.17. The van der Waals surface area contributed by atoms with Crippen LogP contribution in [0.2, 0.25) is 0 Å². The molecule has 2 aromatic carbocycles. The van der Waals surface area contributed by atoms with Crippen molar-refractivity contribution in [2.24, 2.45) is 5.10 Å². The van der Waals surface area contributed by atoms with E-state index in [2.05, 4.69) is 15.5 Å². The number of rotatable bonds is 6. The molecular weight excluding hydrogens is 370 g/mol. The highest BCUT2D eigenvalue weighted by Crippen LogP contribution is 2.37. The molecule has 0 aliphatic heterocycles. The summed E-state index contributed by atoms with van der Waals surface area (Å²) in [5.41, 5.74) is 6.31. The number of benzene rings is 2. The first-order valence-corrected chi connectivity index (χ1v) is 8.98. The zero-order valence-electron chi connectivity index (χ0n) is 17.1. The quantitative estimate of drug-likeness (QED) is 0.511. The second-order valence-electron chi connectivity index (χ2n) is 6.48. The van der Waals surface area contributed by atoms with Gasteiger partial charge in [0.15, 0.2) is 11.5 Å². The number of aryl methyl sites for hydroxylation is 2. The molecule has 0 bridgehead atoms. The van der Waals surface area contributed by atoms with Crippen LogP contribution in [0.5, 0.6) is 17.2 Å². The molecular formula is C22H23N3O4. The van der Waals surface area contributed by atoms with Crippen LogP contribution >= 0.6 is 0 Å². The van der Waals surface area contributed by atoms with Crippen molar-refractivity contribution in [1.82, 2.24) is 10.4 Å². The summed E-state index contributed by atoms with van der Waals surface area (Å²) in [6.07, 6.45) is 1.51. The number of ether oxygens (including phenoxy) is 3. The predicted molar refractivity (Wildman–Crippen MR) is 112 cm³/mol. The van der Waals surface area contributed by atoms with E-state index in [1.54, 1.807) is 19.1 Å². The van der Waals surface area contributed by atoms with Gasteiger partial charge in [-0.3, -0.25) is 9.78 Å². The van der Waals surface area contributed by atoms with Gasteiger partial charge in [0.1, 0.15) is 0 Å². The van der Waals surface area contributed by atoms with Gasteiger partial charge in [-0.2, -0.15) is 5.10 Å². The lowest BCUT2D eigenvalue weighted by atomic mass is 10.1. The Bertz CT molecular complexity index is 1070. The molecule has 1 aromatic heterocycles. The van der Waals surface area contributed by atoms with E-state index < -0.39 is 0 Å². The largest absolute Gasteiger partial charge is 0.493 e. The van der Waals surface area contributed by atoms with Crippen molar-refractivity contribution < 1.29 is 19.0 Å². The van der Waals surface area contributed by atoms with Gasteiger partial charge in [-0.1, -0.05) is 11.6 Å². The maximum Gasteiger partial charge on any atom is 0.273 e. The maximum atomic E-state index is 12.6. The molecule has 7 heteroatoms. The van der Waals surface area contributed by atoms with Gasteiger partial charge in [0.2, 0.25) is 5.75 Å². The van der Waals surface area contributed by atoms with Crippen molar-refractivity contribution in [3.05, 3.63) is 58.8 Å². The van der Waals surface area contributed by atoms with Crippen LogP contribution in [0.15, 0.2) is 41.5 Å². The molecule has 0 fully saturated rings. The van der Waals surface area contributed by atoms with Gasteiger partial charge in [0.05, 0.1) is 44.3 Å². The summed E-state index contributed by atoms with van der Waals surface area (Å²) >= 11 is 0. The van der Waals surface area contributed by atoms with E-state index in [-0.39, 0.29) is 5.91 Å². The van der Waals surface area contributed by atoms with E-state index in [1.165, 1.54) is 27.5 Å². The second-order valence-corrected chi connectivity index (χ2v) is 6.48. The van der Waals surface area contributed by atoms with Gasteiger partial charge in [-0.25, -0.2) is 5.43 Å². The van der Waals surface area contributed by atoms with Gasteiger partial charge in [0, 0.05) is 10.9 Å². The van der Waals surface area contributed by atoms with Gasteiger partial charge in [-0.15, -0.1) is 0 Å². The van der Waals surface area contributed by atoms with Crippen LogP contribution in [0.3, 0.4) is 0 Å². The summed E-state index contributed by atoms with van der Waals surface area (Å²) in [6, 6.07) is 11.2. The molecule has 0 saturated carbocycles. The van der Waals surface area contributed by atoms with Crippen molar-refractivity contribution >= 4 is 23.0 Å². The molecule has 0 radical (unpaired) electrons. The van der Waals surface area contributed by atoms with Crippen LogP contribution in [0.4, 0.5) is 0 Å². The van der Waals surface area contributed by atoms with E-state index in [0.717, 1.165) is 16.5 Å². The summed E-state index contributed by atoms with van der Waals surface area (Å²) in [7, 11) is 4.62. The third-order valence-corrected chi connectivity index (χ3v) is 4.47. The SMILES string of the molecule is COc1cc(/C=N/NC(=O)c2cc3cc(C)ccc3nc2C)cc(OC)c1OC. The fraction of sp³-hybridized carbons (Fsp3) is 0.227. The number of hydrazone groups is 1. The van der Waals surface area contributed by atoms with E-state index in [1.807, 2.05) is 31.2 Å². The third kappa shape index (κ3) is 4.29. The van der Waals surface area contributed by atoms with E-state index in [0.29, 0.717) is 34.1 Å². The molecule has 0 saturated heterocycles. The molecule has 0 aliphatic rings. The molecule has 3 rings (SSSR count). The highest BCUT2D eigenvalue weighted by Gasteiger charge is 2.13. The molecule has 0 spiro atoms. The molecule has 0 aliphatic carbocycles. The van der Waals surface area contributed by atoms with Crippen LogP contribution in [-0.2, 0) is 0 Å². The van der Waals surface area contributed by atoms with Gasteiger partial charge >= 0.3 is 0 Å². The summed E-state index contributed by atoms with van der Waals surface area (Å²) in [5, 5.41) is 4.97. The predicted octanol–water partition coefficient (Wildman–Crippen LogP) is 3.64. The van der Waals surface area contributed by atoms with Crippen molar-refractivity contribution in [1.29, 1.82) is 0 Å². The first-order chi connectivity index (χ1) is 14.0. The maximum absolute atomic E-state index is 12.6. The minimum Gasteiger partial charge on any atom is -0.493 e. The average Bonchev–Trinajstić information content (AvgIpc) is 2.72. The lowest BCUT2D eigenvalue weighted by Gasteiger charge is -2.12. The highest BCUT2D eigenvalue weighted by atomic mass is 16.5. The monoisotopic (exact) mass is 393 g/mol. The van der Waals surface area contributed by atoms with Gasteiger partial charge in [-0.05, 0) is 44.2 Å². The van der Waals surface area contributed by atoms with Crippen molar-refractivity contribution in [3.8, 4) is 17.2 Å². The zero-order chi connectivity index (χ0) is 21.0. The molecule has 29 heavy (non-hydrogen) atoms. The minimum atomic E-state index is -0.331. The van der Waals surface area contributed by atoms with E-state index in [4.69, 9.17) is 14.2 Å². The number of aromatic nitrogens is 1. The number of pyridine rings is 1. The molecule has 150 valence electrons. The Morgan fingerprint density at radius 2 is 1.69 bits per heavy atom. The van der Waals surface area contributed by atoms with Crippen LogP contribution in [-0.4, -0.2) is 38.4 Å². The standard InChI is InChI=1S/C22H23N3O4/c1-13-6-7-18-16(8-13)11-17(14(2)24-18)22(26)25-23-12-15-9-19(27-3)21(29-5)20(10-15)28-4/h6-12H,1-5H3,(H,25,26)/b23-12+. The Hall–Kier alpha value is -3.61. The molecule has 7 nitrogen and oxygen atoms in total. The number of amides is 1. The normalized spacial score (nSPS) is 10.9. The van der Waals surface area contributed by atoms with Crippen LogP contribution in [0.25, 0.3) is 10.9 Å². The number of methoxy groups -OCH3 is 3. The van der Waals surface area contributed by atoms with E-state index >= 15 is 0 Å². The van der Waals surface area contributed by atoms with Crippen molar-refractivity contribution in [2.75, 3.05) is 21.3 Å². The highest BCUT2D eigenvalue weighted by molar-refractivity contribution is 5.99. The Morgan fingerprint density at radius 1 is 1.00 bits per heavy atom.